The van der Waals surface area contributed by atoms with Gasteiger partial charge in [-0.15, -0.1) is 0 Å². The van der Waals surface area contributed by atoms with Crippen LogP contribution in [-0.2, 0) is 9.53 Å². The summed E-state index contributed by atoms with van der Waals surface area (Å²) in [4.78, 5) is 16.8. The maximum absolute atomic E-state index is 12.7. The third-order valence-corrected chi connectivity index (χ3v) is 5.47. The zero-order valence-electron chi connectivity index (χ0n) is 16.9. The van der Waals surface area contributed by atoms with Crippen LogP contribution in [-0.4, -0.2) is 55.8 Å². The number of benzene rings is 2. The van der Waals surface area contributed by atoms with Crippen molar-refractivity contribution in [2.45, 2.75) is 24.5 Å². The maximum Gasteiger partial charge on any atom is 0.279 e. The number of hydrogen-bond acceptors (Lipinski definition) is 6. The van der Waals surface area contributed by atoms with Gasteiger partial charge in [0.15, 0.2) is 6.23 Å². The van der Waals surface area contributed by atoms with Gasteiger partial charge in [-0.1, -0.05) is 36.4 Å². The molecule has 4 unspecified atom stereocenters. The fraction of sp³-hybridized carbons (Fsp3) is 0.238. The van der Waals surface area contributed by atoms with E-state index in [2.05, 4.69) is 4.99 Å². The minimum absolute atomic E-state index is 0. The van der Waals surface area contributed by atoms with E-state index in [0.29, 0.717) is 21.5 Å². The number of rotatable bonds is 2. The first kappa shape index (κ1) is 29.5. The molecule has 5 rings (SSSR count). The molecule has 1 saturated heterocycles. The third kappa shape index (κ3) is 4.93. The fourth-order valence-electron chi connectivity index (χ4n) is 4.08. The number of aromatic hydroxyl groups is 1. The van der Waals surface area contributed by atoms with Crippen LogP contribution in [0.4, 0.5) is 0 Å². The standard InChI is InChI=1S/C21H18N2O6.3Ac/c24-14-9-29-21(18(26)17(14)25)23-13-8-4-2-6-11(13)16(20(23)28)15-10-5-1-3-7-12(10)22-19(15)27;;;/h1-8,14,17-18,21,24-26,28H,9H2;;;. The number of nitrogens with zero attached hydrogens (tertiary/aromatic N) is 2. The monoisotopic (exact) mass is 1080 g/mol. The molecule has 1 aromatic heterocycles. The van der Waals surface area contributed by atoms with Crippen molar-refractivity contribution in [1.29, 1.82) is 0 Å². The van der Waals surface area contributed by atoms with Gasteiger partial charge in [0.1, 0.15) is 18.3 Å². The van der Waals surface area contributed by atoms with Crippen LogP contribution in [0, 0.1) is 132 Å². The van der Waals surface area contributed by atoms with Crippen molar-refractivity contribution < 1.29 is 162 Å². The van der Waals surface area contributed by atoms with E-state index >= 15 is 0 Å². The Hall–Kier alpha value is 1.28. The molecule has 1 amide bonds. The van der Waals surface area contributed by atoms with Crippen molar-refractivity contribution in [3.05, 3.63) is 64.7 Å². The number of aliphatic hydroxyl groups excluding tert-OH is 3. The molecule has 4 atom stereocenters. The van der Waals surface area contributed by atoms with Crippen LogP contribution in [0.15, 0.2) is 53.5 Å². The second-order valence-electron chi connectivity index (χ2n) is 7.17. The zero-order valence-corrected chi connectivity index (χ0v) is 31.1. The number of para-hydroxylation sites is 2. The molecule has 2 aliphatic rings. The molecular formula is C21H18Ac3N2O6. The third-order valence-electron chi connectivity index (χ3n) is 5.47. The van der Waals surface area contributed by atoms with Gasteiger partial charge in [-0.2, -0.15) is 0 Å². The summed E-state index contributed by atoms with van der Waals surface area (Å²) >= 11 is 0. The largest absolute Gasteiger partial charge is 0.494 e. The Morgan fingerprint density at radius 3 is 2.34 bits per heavy atom. The van der Waals surface area contributed by atoms with E-state index in [1.165, 1.54) is 4.57 Å². The van der Waals surface area contributed by atoms with E-state index in [1.54, 1.807) is 48.5 Å². The predicted molar refractivity (Wildman–Crippen MR) is 101 cm³/mol. The summed E-state index contributed by atoms with van der Waals surface area (Å²) < 4.78 is 6.88. The van der Waals surface area contributed by atoms with E-state index < -0.39 is 30.4 Å². The molecule has 3 heterocycles. The SMILES string of the molecule is O=C1N=c2ccccc2=C1c1c(O)n(C2OCC(O)C(O)C2O)c2ccccc12.[Ac].[Ac].[Ac]. The van der Waals surface area contributed by atoms with E-state index in [4.69, 9.17) is 4.74 Å². The van der Waals surface area contributed by atoms with Gasteiger partial charge in [0.25, 0.3) is 5.91 Å². The normalized spacial score (nSPS) is 24.1. The Kier molecular flexibility index (Phi) is 11.1. The van der Waals surface area contributed by atoms with E-state index in [0.717, 1.165) is 0 Å². The summed E-state index contributed by atoms with van der Waals surface area (Å²) in [6.45, 7) is -0.210. The molecule has 0 saturated carbocycles. The average molecular weight is 1080 g/mol. The molecule has 157 valence electrons. The molecule has 1 fully saturated rings. The van der Waals surface area contributed by atoms with Crippen molar-refractivity contribution in [1.82, 2.24) is 4.57 Å². The Morgan fingerprint density at radius 1 is 0.938 bits per heavy atom. The van der Waals surface area contributed by atoms with Crippen molar-refractivity contribution in [3.8, 4) is 5.88 Å². The van der Waals surface area contributed by atoms with Crippen molar-refractivity contribution in [2.24, 2.45) is 4.99 Å². The predicted octanol–water partition coefficient (Wildman–Crippen LogP) is -0.683. The Bertz CT molecular complexity index is 1280. The first-order valence-corrected chi connectivity index (χ1v) is 9.19. The number of aliphatic hydroxyl groups is 3. The van der Waals surface area contributed by atoms with Gasteiger partial charge in [0, 0.05) is 143 Å². The number of hydrogen-bond donors (Lipinski definition) is 4. The molecular weight excluding hydrogens is 1060 g/mol. The van der Waals surface area contributed by atoms with Crippen LogP contribution in [0.5, 0.6) is 5.88 Å². The van der Waals surface area contributed by atoms with Crippen molar-refractivity contribution in [3.63, 3.8) is 0 Å². The molecule has 4 N–H and O–H groups in total. The van der Waals surface area contributed by atoms with Gasteiger partial charge < -0.3 is 25.2 Å². The van der Waals surface area contributed by atoms with Gasteiger partial charge in [0.05, 0.1) is 28.6 Å². The molecule has 11 heteroatoms. The topological polar surface area (TPSA) is 125 Å². The second-order valence-corrected chi connectivity index (χ2v) is 7.17. The summed E-state index contributed by atoms with van der Waals surface area (Å²) in [5, 5.41) is 43.2. The van der Waals surface area contributed by atoms with Crippen LogP contribution < -0.4 is 10.6 Å². The van der Waals surface area contributed by atoms with Gasteiger partial charge in [-0.05, 0) is 12.1 Å². The molecule has 3 radical (unpaired) electrons. The van der Waals surface area contributed by atoms with E-state index in [9.17, 15) is 25.2 Å². The first-order chi connectivity index (χ1) is 14.0. The van der Waals surface area contributed by atoms with Crippen LogP contribution in [0.25, 0.3) is 16.5 Å². The number of carbonyl (C=O) groups excluding carboxylic acids is 1. The molecule has 2 aliphatic heterocycles. The van der Waals surface area contributed by atoms with Crippen LogP contribution in [0.2, 0.25) is 0 Å². The molecule has 2 aromatic carbocycles. The van der Waals surface area contributed by atoms with Crippen LogP contribution >= 0.6 is 0 Å². The maximum atomic E-state index is 12.7. The van der Waals surface area contributed by atoms with E-state index in [1.807, 2.05) is 0 Å². The van der Waals surface area contributed by atoms with Gasteiger partial charge >= 0.3 is 0 Å². The van der Waals surface area contributed by atoms with Crippen LogP contribution in [0.3, 0.4) is 0 Å². The molecule has 0 bridgehead atoms. The van der Waals surface area contributed by atoms with E-state index in [-0.39, 0.29) is 156 Å². The average Bonchev–Trinajstić information content (AvgIpc) is 3.19. The molecule has 8 nitrogen and oxygen atoms in total. The first-order valence-electron chi connectivity index (χ1n) is 9.19. The minimum Gasteiger partial charge on any atom is -0.494 e. The second kappa shape index (κ2) is 12.0. The summed E-state index contributed by atoms with van der Waals surface area (Å²) in [6.07, 6.45) is -5.29. The zero-order chi connectivity index (χ0) is 20.3. The van der Waals surface area contributed by atoms with Gasteiger partial charge in [-0.3, -0.25) is 9.36 Å². The summed E-state index contributed by atoms with van der Waals surface area (Å²) in [5.74, 6) is -0.751. The molecule has 0 spiro atoms. The number of fused-ring (bicyclic) bond motifs is 2. The Labute approximate surface area is 290 Å². The smallest absolute Gasteiger partial charge is 0.279 e. The fourth-order valence-corrected chi connectivity index (χ4v) is 4.08. The number of amides is 1. The Balaban J connectivity index is 0.00000121. The quantitative estimate of drug-likeness (QED) is 0.270. The minimum atomic E-state index is -1.48. The van der Waals surface area contributed by atoms with Gasteiger partial charge in [-0.25, -0.2) is 4.99 Å². The van der Waals surface area contributed by atoms with Crippen molar-refractivity contribution in [2.75, 3.05) is 6.61 Å². The van der Waals surface area contributed by atoms with Crippen LogP contribution in [0.1, 0.15) is 11.8 Å². The summed E-state index contributed by atoms with van der Waals surface area (Å²) in [6, 6.07) is 14.0. The molecule has 0 aliphatic carbocycles. The summed E-state index contributed by atoms with van der Waals surface area (Å²) in [7, 11) is 0. The number of aromatic nitrogens is 1. The summed E-state index contributed by atoms with van der Waals surface area (Å²) in [5.41, 5.74) is 1.06. The van der Waals surface area contributed by atoms with Gasteiger partial charge in [0.2, 0.25) is 5.88 Å². The molecule has 3 aromatic rings. The molecule has 32 heavy (non-hydrogen) atoms. The Morgan fingerprint density at radius 2 is 1.59 bits per heavy atom. The number of ether oxygens (including phenoxy) is 1. The van der Waals surface area contributed by atoms with Crippen molar-refractivity contribution >= 4 is 22.4 Å². The number of carbonyl (C=O) groups is 1.